The van der Waals surface area contributed by atoms with E-state index in [1.165, 1.54) is 12.3 Å². The molecule has 2 aromatic rings. The van der Waals surface area contributed by atoms with Gasteiger partial charge >= 0.3 is 0 Å². The third-order valence-corrected chi connectivity index (χ3v) is 3.79. The van der Waals surface area contributed by atoms with E-state index in [1.807, 2.05) is 4.72 Å². The molecule has 1 heterocycles. The summed E-state index contributed by atoms with van der Waals surface area (Å²) in [7, 11) is -4.03. The average molecular weight is 341 g/mol. The highest BCUT2D eigenvalue weighted by molar-refractivity contribution is 7.93. The van der Waals surface area contributed by atoms with Crippen LogP contribution in [0.3, 0.4) is 0 Å². The van der Waals surface area contributed by atoms with Gasteiger partial charge in [-0.15, -0.1) is 0 Å². The minimum absolute atomic E-state index is 0.141. The maximum atomic E-state index is 12.9. The summed E-state index contributed by atoms with van der Waals surface area (Å²) >= 11 is 5.70. The first-order valence-electron chi connectivity index (χ1n) is 5.99. The monoisotopic (exact) mass is 340 g/mol. The van der Waals surface area contributed by atoms with E-state index in [2.05, 4.69) is 4.98 Å². The molecule has 0 aliphatic heterocycles. The second-order valence-corrected chi connectivity index (χ2v) is 6.13. The molecule has 0 radical (unpaired) electrons. The van der Waals surface area contributed by atoms with Gasteiger partial charge in [-0.1, -0.05) is 17.7 Å². The van der Waals surface area contributed by atoms with E-state index >= 15 is 0 Å². The Kier molecular flexibility index (Phi) is 4.89. The third-order valence-electron chi connectivity index (χ3n) is 2.52. The number of hydrogen-bond acceptors (Lipinski definition) is 4. The second-order valence-electron chi connectivity index (χ2n) is 4.16. The molecule has 114 valence electrons. The Balaban J connectivity index is 2.14. The number of sulfonamides is 1. The van der Waals surface area contributed by atoms with Crippen molar-refractivity contribution in [3.8, 4) is 0 Å². The summed E-state index contributed by atoms with van der Waals surface area (Å²) in [6, 6.07) is 8.01. The van der Waals surface area contributed by atoms with Gasteiger partial charge in [0.05, 0.1) is 21.7 Å². The lowest BCUT2D eigenvalue weighted by atomic mass is 10.2. The van der Waals surface area contributed by atoms with Gasteiger partial charge in [-0.3, -0.25) is 9.78 Å². The summed E-state index contributed by atoms with van der Waals surface area (Å²) < 4.78 is 38.3. The molecule has 0 spiro atoms. The lowest BCUT2D eigenvalue weighted by Gasteiger charge is -2.05. The van der Waals surface area contributed by atoms with Crippen LogP contribution in [0.15, 0.2) is 48.0 Å². The molecule has 1 aromatic carbocycles. The normalized spacial score (nSPS) is 11.5. The van der Waals surface area contributed by atoms with Gasteiger partial charge in [0.2, 0.25) is 0 Å². The van der Waals surface area contributed by atoms with Gasteiger partial charge in [0.25, 0.3) is 15.9 Å². The van der Waals surface area contributed by atoms with E-state index in [-0.39, 0.29) is 10.6 Å². The fourth-order valence-corrected chi connectivity index (χ4v) is 2.53. The Bertz CT molecular complexity index is 823. The van der Waals surface area contributed by atoms with E-state index in [4.69, 9.17) is 11.6 Å². The Labute approximate surface area is 131 Å². The van der Waals surface area contributed by atoms with E-state index in [9.17, 15) is 17.6 Å². The van der Waals surface area contributed by atoms with Crippen LogP contribution in [0.2, 0.25) is 5.02 Å². The highest BCUT2D eigenvalue weighted by atomic mass is 35.5. The lowest BCUT2D eigenvalue weighted by Crippen LogP contribution is -2.29. The topological polar surface area (TPSA) is 76.1 Å². The van der Waals surface area contributed by atoms with E-state index in [0.29, 0.717) is 5.69 Å². The molecular weight excluding hydrogens is 331 g/mol. The first kappa shape index (κ1) is 16.1. The van der Waals surface area contributed by atoms with Gasteiger partial charge in [-0.25, -0.2) is 17.5 Å². The van der Waals surface area contributed by atoms with Crippen LogP contribution in [0.1, 0.15) is 16.1 Å². The molecule has 0 unspecified atom stereocenters. The van der Waals surface area contributed by atoms with Crippen molar-refractivity contribution in [2.24, 2.45) is 0 Å². The molecule has 22 heavy (non-hydrogen) atoms. The lowest BCUT2D eigenvalue weighted by molar-refractivity contribution is 0.0982. The Hall–Kier alpha value is -2.25. The van der Waals surface area contributed by atoms with Crippen LogP contribution in [0.5, 0.6) is 0 Å². The van der Waals surface area contributed by atoms with Gasteiger partial charge < -0.3 is 0 Å². The molecule has 0 bridgehead atoms. The molecule has 0 saturated heterocycles. The van der Waals surface area contributed by atoms with Crippen molar-refractivity contribution in [1.29, 1.82) is 0 Å². The molecule has 5 nitrogen and oxygen atoms in total. The van der Waals surface area contributed by atoms with Crippen molar-refractivity contribution >= 4 is 33.6 Å². The van der Waals surface area contributed by atoms with E-state index in [0.717, 1.165) is 23.6 Å². The number of aromatic nitrogens is 1. The molecule has 0 fully saturated rings. The van der Waals surface area contributed by atoms with Crippen molar-refractivity contribution in [3.63, 3.8) is 0 Å². The molecule has 1 aromatic heterocycles. The second kappa shape index (κ2) is 6.67. The van der Waals surface area contributed by atoms with Gasteiger partial charge in [0.15, 0.2) is 0 Å². The Morgan fingerprint density at radius 1 is 1.27 bits per heavy atom. The summed E-state index contributed by atoms with van der Waals surface area (Å²) in [4.78, 5) is 15.8. The average Bonchev–Trinajstić information content (AvgIpc) is 2.45. The minimum atomic E-state index is -4.03. The zero-order chi connectivity index (χ0) is 16.2. The van der Waals surface area contributed by atoms with Crippen LogP contribution < -0.4 is 4.72 Å². The molecule has 2 rings (SSSR count). The summed E-state index contributed by atoms with van der Waals surface area (Å²) in [5.74, 6) is -1.57. The number of carbonyl (C=O) groups excluding carboxylic acids is 1. The molecule has 0 saturated carbocycles. The SMILES string of the molecule is O=C(NS(=O)(=O)/C=C/c1ccccn1)c1ccc(F)cc1Cl. The van der Waals surface area contributed by atoms with E-state index < -0.39 is 21.7 Å². The van der Waals surface area contributed by atoms with E-state index in [1.54, 1.807) is 18.2 Å². The van der Waals surface area contributed by atoms with Gasteiger partial charge in [-0.05, 0) is 36.4 Å². The summed E-state index contributed by atoms with van der Waals surface area (Å²) in [6.07, 6.45) is 2.74. The predicted molar refractivity (Wildman–Crippen MR) is 81.1 cm³/mol. The quantitative estimate of drug-likeness (QED) is 0.928. The standard InChI is InChI=1S/C14H10ClFN2O3S/c15-13-9-10(16)4-5-12(13)14(19)18-22(20,21)8-6-11-3-1-2-7-17-11/h1-9H,(H,18,19)/b8-6+. The molecule has 1 N–H and O–H groups in total. The summed E-state index contributed by atoms with van der Waals surface area (Å²) in [5.41, 5.74) is 0.276. The van der Waals surface area contributed by atoms with Crippen molar-refractivity contribution in [2.45, 2.75) is 0 Å². The summed E-state index contributed by atoms with van der Waals surface area (Å²) in [6.45, 7) is 0. The highest BCUT2D eigenvalue weighted by Gasteiger charge is 2.16. The molecular formula is C14H10ClFN2O3S. The van der Waals surface area contributed by atoms with Crippen LogP contribution in [0.4, 0.5) is 4.39 Å². The first-order valence-corrected chi connectivity index (χ1v) is 7.91. The van der Waals surface area contributed by atoms with Crippen molar-refractivity contribution in [3.05, 3.63) is 70.1 Å². The molecule has 1 amide bonds. The Morgan fingerprint density at radius 3 is 2.68 bits per heavy atom. The van der Waals surface area contributed by atoms with Gasteiger partial charge in [0.1, 0.15) is 5.82 Å². The zero-order valence-electron chi connectivity index (χ0n) is 11.0. The van der Waals surface area contributed by atoms with Crippen LogP contribution in [-0.4, -0.2) is 19.3 Å². The Morgan fingerprint density at radius 2 is 2.05 bits per heavy atom. The maximum Gasteiger partial charge on any atom is 0.266 e. The van der Waals surface area contributed by atoms with Crippen molar-refractivity contribution in [2.75, 3.05) is 0 Å². The molecule has 8 heteroatoms. The largest absolute Gasteiger partial charge is 0.268 e. The number of pyridine rings is 1. The number of benzene rings is 1. The number of nitrogens with one attached hydrogen (secondary N) is 1. The molecule has 0 atom stereocenters. The smallest absolute Gasteiger partial charge is 0.266 e. The predicted octanol–water partition coefficient (Wildman–Crippen LogP) is 2.60. The number of hydrogen-bond donors (Lipinski definition) is 1. The van der Waals surface area contributed by atoms with Crippen LogP contribution in [0, 0.1) is 5.82 Å². The summed E-state index contributed by atoms with van der Waals surface area (Å²) in [5, 5.41) is 0.631. The van der Waals surface area contributed by atoms with Crippen LogP contribution in [-0.2, 0) is 10.0 Å². The van der Waals surface area contributed by atoms with Crippen LogP contribution in [0.25, 0.3) is 6.08 Å². The third kappa shape index (κ3) is 4.37. The fourth-order valence-electron chi connectivity index (χ4n) is 1.53. The number of amides is 1. The number of carbonyl (C=O) groups is 1. The number of rotatable bonds is 4. The van der Waals surface area contributed by atoms with Gasteiger partial charge in [0, 0.05) is 6.20 Å². The van der Waals surface area contributed by atoms with Crippen molar-refractivity contribution in [1.82, 2.24) is 9.71 Å². The first-order chi connectivity index (χ1) is 10.4. The number of nitrogens with zero attached hydrogens (tertiary/aromatic N) is 1. The van der Waals surface area contributed by atoms with Crippen molar-refractivity contribution < 1.29 is 17.6 Å². The zero-order valence-corrected chi connectivity index (χ0v) is 12.6. The highest BCUT2D eigenvalue weighted by Crippen LogP contribution is 2.17. The molecule has 0 aliphatic rings. The van der Waals surface area contributed by atoms with Crippen LogP contribution >= 0.6 is 11.6 Å². The minimum Gasteiger partial charge on any atom is -0.268 e. The van der Waals surface area contributed by atoms with Gasteiger partial charge in [-0.2, -0.15) is 0 Å². The maximum absolute atomic E-state index is 12.9. The number of halogens is 2. The fraction of sp³-hybridized carbons (Fsp3) is 0. The molecule has 0 aliphatic carbocycles.